The van der Waals surface area contributed by atoms with Crippen molar-refractivity contribution in [3.05, 3.63) is 42.0 Å². The summed E-state index contributed by atoms with van der Waals surface area (Å²) in [5.74, 6) is 0.930. The number of methoxy groups -OCH3 is 1. The zero-order valence-corrected chi connectivity index (χ0v) is 12.2. The normalized spacial score (nSPS) is 35.1. The van der Waals surface area contributed by atoms with Crippen LogP contribution >= 0.6 is 0 Å². The van der Waals surface area contributed by atoms with Gasteiger partial charge >= 0.3 is 5.97 Å². The number of fused-ring (bicyclic) bond motifs is 1. The van der Waals surface area contributed by atoms with Crippen LogP contribution in [0.5, 0.6) is 0 Å². The highest BCUT2D eigenvalue weighted by Gasteiger charge is 2.65. The van der Waals surface area contributed by atoms with Gasteiger partial charge in [0.15, 0.2) is 0 Å². The molecule has 1 aromatic rings. The minimum absolute atomic E-state index is 0.258. The lowest BCUT2D eigenvalue weighted by Gasteiger charge is -2.35. The molecule has 1 heterocycles. The largest absolute Gasteiger partial charge is 0.474 e. The van der Waals surface area contributed by atoms with Gasteiger partial charge in [-0.3, -0.25) is 0 Å². The molecule has 0 aromatic heterocycles. The molecule has 20 heavy (non-hydrogen) atoms. The van der Waals surface area contributed by atoms with E-state index in [1.54, 1.807) is 0 Å². The van der Waals surface area contributed by atoms with Gasteiger partial charge in [0.05, 0.1) is 7.11 Å². The Morgan fingerprint density at radius 1 is 1.35 bits per heavy atom. The van der Waals surface area contributed by atoms with Gasteiger partial charge < -0.3 is 9.47 Å². The number of hydrogen-bond donors (Lipinski definition) is 0. The molecule has 3 atom stereocenters. The molecule has 0 amide bonds. The molecule has 1 aromatic carbocycles. The van der Waals surface area contributed by atoms with E-state index in [-0.39, 0.29) is 11.4 Å². The Hall–Kier alpha value is -1.77. The highest BCUT2D eigenvalue weighted by molar-refractivity contribution is 5.86. The Morgan fingerprint density at radius 2 is 2.05 bits per heavy atom. The van der Waals surface area contributed by atoms with Gasteiger partial charge in [0, 0.05) is 11.0 Å². The van der Waals surface area contributed by atoms with Crippen LogP contribution in [0.3, 0.4) is 0 Å². The lowest BCUT2D eigenvalue weighted by molar-refractivity contribution is -0.167. The van der Waals surface area contributed by atoms with Gasteiger partial charge in [-0.05, 0) is 24.8 Å². The van der Waals surface area contributed by atoms with Crippen molar-refractivity contribution in [3.63, 3.8) is 0 Å². The van der Waals surface area contributed by atoms with Crippen LogP contribution in [0.25, 0.3) is 5.76 Å². The zero-order chi connectivity index (χ0) is 14.4. The maximum atomic E-state index is 12.4. The fourth-order valence-electron chi connectivity index (χ4n) is 3.57. The standard InChI is InChI=1S/C17H20O3/c1-12-9-10-17(15(18)19-3)16(12,2)11-14(20-17)13-7-5-4-6-8-13/h4-8,11-12H,9-10H2,1-3H3/t12?,16-,17-/m1/s1. The molecule has 1 aliphatic carbocycles. The maximum Gasteiger partial charge on any atom is 0.351 e. The second-order valence-corrected chi connectivity index (χ2v) is 6.02. The first-order chi connectivity index (χ1) is 9.53. The predicted octanol–water partition coefficient (Wildman–Crippen LogP) is 3.41. The molecule has 0 radical (unpaired) electrons. The molecule has 0 spiro atoms. The summed E-state index contributed by atoms with van der Waals surface area (Å²) in [6, 6.07) is 9.94. The molecule has 0 bridgehead atoms. The Bertz CT molecular complexity index is 563. The molecule has 1 fully saturated rings. The Morgan fingerprint density at radius 3 is 2.70 bits per heavy atom. The summed E-state index contributed by atoms with van der Waals surface area (Å²) in [6.07, 6.45) is 3.81. The number of carbonyl (C=O) groups excluding carboxylic acids is 1. The first kappa shape index (κ1) is 13.2. The number of esters is 1. The summed E-state index contributed by atoms with van der Waals surface area (Å²) in [5.41, 5.74) is -0.143. The quantitative estimate of drug-likeness (QED) is 0.774. The number of ether oxygens (including phenoxy) is 2. The third-order valence-corrected chi connectivity index (χ3v) is 5.11. The van der Waals surface area contributed by atoms with Gasteiger partial charge in [-0.25, -0.2) is 4.79 Å². The molecule has 1 aliphatic heterocycles. The summed E-state index contributed by atoms with van der Waals surface area (Å²) in [7, 11) is 1.43. The van der Waals surface area contributed by atoms with Crippen molar-refractivity contribution in [1.29, 1.82) is 0 Å². The number of carbonyl (C=O) groups is 1. The average molecular weight is 272 g/mol. The Labute approximate surface area is 119 Å². The first-order valence-corrected chi connectivity index (χ1v) is 7.09. The van der Waals surface area contributed by atoms with E-state index >= 15 is 0 Å². The molecule has 106 valence electrons. The van der Waals surface area contributed by atoms with E-state index in [2.05, 4.69) is 19.9 Å². The Kier molecular flexibility index (Phi) is 2.89. The zero-order valence-electron chi connectivity index (χ0n) is 12.2. The topological polar surface area (TPSA) is 35.5 Å². The molecular formula is C17H20O3. The third kappa shape index (κ3) is 1.55. The minimum Gasteiger partial charge on any atom is -0.474 e. The highest BCUT2D eigenvalue weighted by atomic mass is 16.6. The van der Waals surface area contributed by atoms with Crippen LogP contribution in [-0.4, -0.2) is 18.7 Å². The van der Waals surface area contributed by atoms with E-state index in [0.29, 0.717) is 12.3 Å². The van der Waals surface area contributed by atoms with E-state index in [1.165, 1.54) is 7.11 Å². The number of rotatable bonds is 2. The molecule has 3 rings (SSSR count). The molecule has 1 saturated carbocycles. The molecule has 3 nitrogen and oxygen atoms in total. The summed E-state index contributed by atoms with van der Waals surface area (Å²) < 4.78 is 11.2. The summed E-state index contributed by atoms with van der Waals surface area (Å²) in [6.45, 7) is 4.29. The van der Waals surface area contributed by atoms with Crippen LogP contribution in [0, 0.1) is 11.3 Å². The number of hydrogen-bond acceptors (Lipinski definition) is 3. The van der Waals surface area contributed by atoms with Crippen molar-refractivity contribution < 1.29 is 14.3 Å². The molecule has 1 unspecified atom stereocenters. The van der Waals surface area contributed by atoms with E-state index in [0.717, 1.165) is 17.7 Å². The lowest BCUT2D eigenvalue weighted by Crippen LogP contribution is -2.49. The van der Waals surface area contributed by atoms with Crippen molar-refractivity contribution in [2.75, 3.05) is 7.11 Å². The van der Waals surface area contributed by atoms with E-state index in [1.807, 2.05) is 30.3 Å². The maximum absolute atomic E-state index is 12.4. The summed E-state index contributed by atoms with van der Waals surface area (Å²) in [5, 5.41) is 0. The van der Waals surface area contributed by atoms with Crippen molar-refractivity contribution in [2.45, 2.75) is 32.3 Å². The van der Waals surface area contributed by atoms with E-state index < -0.39 is 5.60 Å². The van der Waals surface area contributed by atoms with Crippen LogP contribution < -0.4 is 0 Å². The fourth-order valence-corrected chi connectivity index (χ4v) is 3.57. The average Bonchev–Trinajstić information content (AvgIpc) is 2.91. The molecule has 3 heteroatoms. The first-order valence-electron chi connectivity index (χ1n) is 7.09. The van der Waals surface area contributed by atoms with Gasteiger partial charge in [0.25, 0.3) is 0 Å². The monoisotopic (exact) mass is 272 g/mol. The third-order valence-electron chi connectivity index (χ3n) is 5.11. The van der Waals surface area contributed by atoms with Gasteiger partial charge in [-0.15, -0.1) is 0 Å². The van der Waals surface area contributed by atoms with Crippen molar-refractivity contribution >= 4 is 11.7 Å². The van der Waals surface area contributed by atoms with Gasteiger partial charge in [0.2, 0.25) is 5.60 Å². The predicted molar refractivity (Wildman–Crippen MR) is 76.8 cm³/mol. The summed E-state index contributed by atoms with van der Waals surface area (Å²) in [4.78, 5) is 12.4. The van der Waals surface area contributed by atoms with Crippen molar-refractivity contribution in [2.24, 2.45) is 11.3 Å². The van der Waals surface area contributed by atoms with Crippen LogP contribution in [0.1, 0.15) is 32.3 Å². The lowest BCUT2D eigenvalue weighted by atomic mass is 9.72. The second-order valence-electron chi connectivity index (χ2n) is 6.02. The molecular weight excluding hydrogens is 252 g/mol. The van der Waals surface area contributed by atoms with Gasteiger partial charge in [-0.1, -0.05) is 44.2 Å². The molecule has 2 aliphatic rings. The smallest absolute Gasteiger partial charge is 0.351 e. The van der Waals surface area contributed by atoms with Crippen molar-refractivity contribution in [1.82, 2.24) is 0 Å². The van der Waals surface area contributed by atoms with Crippen LogP contribution in [0.4, 0.5) is 0 Å². The number of benzene rings is 1. The van der Waals surface area contributed by atoms with Crippen LogP contribution in [-0.2, 0) is 14.3 Å². The van der Waals surface area contributed by atoms with Crippen LogP contribution in [0.15, 0.2) is 36.4 Å². The summed E-state index contributed by atoms with van der Waals surface area (Å²) >= 11 is 0. The highest BCUT2D eigenvalue weighted by Crippen LogP contribution is 2.60. The van der Waals surface area contributed by atoms with Crippen LogP contribution in [0.2, 0.25) is 0 Å². The van der Waals surface area contributed by atoms with Gasteiger partial charge in [0.1, 0.15) is 5.76 Å². The van der Waals surface area contributed by atoms with E-state index in [4.69, 9.17) is 9.47 Å². The van der Waals surface area contributed by atoms with Crippen molar-refractivity contribution in [3.8, 4) is 0 Å². The van der Waals surface area contributed by atoms with E-state index in [9.17, 15) is 4.79 Å². The molecule has 0 N–H and O–H groups in total. The molecule has 0 saturated heterocycles. The minimum atomic E-state index is -0.855. The second kappa shape index (κ2) is 4.37. The Balaban J connectivity index is 2.06. The fraction of sp³-hybridized carbons (Fsp3) is 0.471. The SMILES string of the molecule is COC(=O)[C@]12CCC(C)[C@@]1(C)C=C(c1ccccc1)O2. The van der Waals surface area contributed by atoms with Gasteiger partial charge in [-0.2, -0.15) is 0 Å².